The van der Waals surface area contributed by atoms with Crippen molar-refractivity contribution in [3.05, 3.63) is 0 Å². The topological polar surface area (TPSA) is 60.7 Å². The third-order valence-corrected chi connectivity index (χ3v) is 25.4. The molecule has 3 fully saturated rings. The van der Waals surface area contributed by atoms with Crippen LogP contribution in [0.2, 0.25) is 54.4 Å². The van der Waals surface area contributed by atoms with Gasteiger partial charge in [0.05, 0.1) is 0 Å². The van der Waals surface area contributed by atoms with E-state index in [2.05, 4.69) is 96.9 Å². The fourth-order valence-electron chi connectivity index (χ4n) is 14.6. The van der Waals surface area contributed by atoms with Gasteiger partial charge in [-0.3, -0.25) is 0 Å². The van der Waals surface area contributed by atoms with E-state index in [1.165, 1.54) is 25.7 Å². The Morgan fingerprint density at radius 2 is 0.532 bits per heavy atom. The van der Waals surface area contributed by atoms with Crippen LogP contribution >= 0.6 is 0 Å². The highest BCUT2D eigenvalue weighted by Gasteiger charge is 2.65. The zero-order valence-electron chi connectivity index (χ0n) is 34.2. The highest BCUT2D eigenvalue weighted by atomic mass is 28.4. The van der Waals surface area contributed by atoms with Gasteiger partial charge in [0.2, 0.25) is 0 Å². The Kier molecular flexibility index (Phi) is 13.6. The van der Waals surface area contributed by atoms with E-state index < -0.39 is 25.0 Å². The fraction of sp³-hybridized carbons (Fsp3) is 1.00. The second kappa shape index (κ2) is 15.3. The second-order valence-electron chi connectivity index (χ2n) is 22.4. The summed E-state index contributed by atoms with van der Waals surface area (Å²) in [6.07, 6.45) is 8.28. The van der Waals surface area contributed by atoms with Gasteiger partial charge >= 0.3 is 0 Å². The summed E-state index contributed by atoms with van der Waals surface area (Å²) >= 11 is 0. The predicted molar refractivity (Wildman–Crippen MR) is 213 cm³/mol. The first-order chi connectivity index (χ1) is 21.3. The minimum absolute atomic E-state index is 0.0215. The van der Waals surface area contributed by atoms with Gasteiger partial charge in [-0.1, -0.05) is 96.9 Å². The lowest BCUT2D eigenvalue weighted by molar-refractivity contribution is -0.0165. The van der Waals surface area contributed by atoms with Crippen molar-refractivity contribution < 1.29 is 14.4 Å². The highest BCUT2D eigenvalue weighted by Crippen LogP contribution is 2.70. The lowest BCUT2D eigenvalue weighted by Gasteiger charge is -2.64. The summed E-state index contributed by atoms with van der Waals surface area (Å²) in [6.45, 7) is 33.4. The summed E-state index contributed by atoms with van der Waals surface area (Å²) in [5, 5.41) is 0. The molecule has 0 aromatic heterocycles. The van der Waals surface area contributed by atoms with Crippen LogP contribution in [0.15, 0.2) is 0 Å². The second-order valence-corrected chi connectivity index (χ2v) is 33.1. The Hall–Kier alpha value is 0.531. The predicted octanol–water partition coefficient (Wildman–Crippen LogP) is 12.1. The van der Waals surface area contributed by atoms with Crippen LogP contribution in [-0.2, 0) is 0 Å². The van der Waals surface area contributed by atoms with E-state index in [0.717, 1.165) is 73.7 Å². The van der Waals surface area contributed by atoms with Crippen molar-refractivity contribution in [1.29, 1.82) is 0 Å². The number of rotatable bonds is 14. The van der Waals surface area contributed by atoms with Gasteiger partial charge in [0.15, 0.2) is 25.0 Å². The van der Waals surface area contributed by atoms with Gasteiger partial charge in [0, 0.05) is 0 Å². The maximum absolute atomic E-state index is 13.4. The molecule has 0 saturated carbocycles. The summed E-state index contributed by atoms with van der Waals surface area (Å²) in [5.74, 6) is 3.69. The van der Waals surface area contributed by atoms with Crippen molar-refractivity contribution in [3.63, 3.8) is 0 Å². The zero-order valence-corrected chi connectivity index (χ0v) is 37.2. The minimum atomic E-state index is -2.76. The number of hydrogen-bond acceptors (Lipinski definition) is 3. The highest BCUT2D eigenvalue weighted by molar-refractivity contribution is 6.76. The van der Waals surface area contributed by atoms with E-state index in [1.807, 2.05) is 0 Å². The van der Waals surface area contributed by atoms with E-state index in [1.54, 1.807) is 0 Å². The lowest BCUT2D eigenvalue weighted by atomic mass is 9.54. The molecule has 0 atom stereocenters. The Morgan fingerprint density at radius 3 is 0.702 bits per heavy atom. The SMILES string of the molecule is CC(C)CC12CC3(CC(C)C)C[Si](O)(CC(C)C)CC(CC(C)C)(C1)C[Si](O)(CC(C)C)CC(CC(C)C)(C2)C[Si](O)(CC(C)C)C3. The van der Waals surface area contributed by atoms with Gasteiger partial charge in [-0.15, -0.1) is 0 Å². The van der Waals surface area contributed by atoms with Crippen LogP contribution in [0.5, 0.6) is 0 Å². The van der Waals surface area contributed by atoms with Crippen molar-refractivity contribution in [2.75, 3.05) is 0 Å². The third-order valence-electron chi connectivity index (χ3n) is 12.2. The average molecular weight is 709 g/mol. The first kappa shape index (κ1) is 41.9. The van der Waals surface area contributed by atoms with Gasteiger partial charge in [-0.2, -0.15) is 0 Å². The molecule has 3 N–H and O–H groups in total. The normalized spacial score (nSPS) is 40.1. The summed E-state index contributed by atoms with van der Waals surface area (Å²) in [5.41, 5.74) is 0.260. The van der Waals surface area contributed by atoms with Crippen LogP contribution in [0.3, 0.4) is 0 Å². The van der Waals surface area contributed by atoms with Gasteiger partial charge in [0.25, 0.3) is 0 Å². The summed E-state index contributed by atoms with van der Waals surface area (Å²) in [6, 6.07) is 8.77. The molecular weight excluding hydrogens is 625 g/mol. The monoisotopic (exact) mass is 709 g/mol. The first-order valence-corrected chi connectivity index (χ1v) is 28.2. The molecule has 3 saturated heterocycles. The molecule has 3 nitrogen and oxygen atoms in total. The van der Waals surface area contributed by atoms with Gasteiger partial charge in [-0.25, -0.2) is 0 Å². The van der Waals surface area contributed by atoms with Gasteiger partial charge < -0.3 is 14.4 Å². The number of fused-ring (bicyclic) bond motifs is 3. The Morgan fingerprint density at radius 1 is 0.340 bits per heavy atom. The standard InChI is InChI=1S/C41H84O3Si3/c1-31(2)15-38-22-39(16-32(3)4)25-45(42,19-35(9)10)27-40(23-38,17-33(5)6)29-47(44,21-37(13)14)30-41(24-38,18-34(7)8)28-46(43,26-39)20-36(11)12/h31-37,42-44H,15-30H2,1-14H3. The molecule has 3 heterocycles. The molecule has 0 radical (unpaired) electrons. The van der Waals surface area contributed by atoms with Crippen LogP contribution in [0, 0.1) is 63.1 Å². The molecule has 3 aliphatic rings. The molecule has 3 aliphatic heterocycles. The molecular formula is C41H84O3Si3. The van der Waals surface area contributed by atoms with E-state index in [9.17, 15) is 14.4 Å². The first-order valence-electron chi connectivity index (χ1n) is 20.5. The molecule has 3 rings (SSSR count). The van der Waals surface area contributed by atoms with Crippen LogP contribution in [-0.4, -0.2) is 39.3 Å². The molecule has 278 valence electrons. The van der Waals surface area contributed by atoms with E-state index in [4.69, 9.17) is 0 Å². The lowest BCUT2D eigenvalue weighted by Crippen LogP contribution is -2.62. The maximum Gasteiger partial charge on any atom is 0.189 e. The molecule has 47 heavy (non-hydrogen) atoms. The summed E-state index contributed by atoms with van der Waals surface area (Å²) < 4.78 is 0. The molecule has 6 heteroatoms. The molecule has 0 amide bonds. The molecule has 0 aromatic carbocycles. The largest absolute Gasteiger partial charge is 0.432 e. The Balaban J connectivity index is 2.51. The summed E-state index contributed by atoms with van der Waals surface area (Å²) in [4.78, 5) is 40.3. The van der Waals surface area contributed by atoms with Crippen LogP contribution in [0.1, 0.15) is 142 Å². The van der Waals surface area contributed by atoms with Crippen LogP contribution in [0.4, 0.5) is 0 Å². The Bertz CT molecular complexity index is 865. The van der Waals surface area contributed by atoms with Crippen molar-refractivity contribution in [3.8, 4) is 0 Å². The van der Waals surface area contributed by atoms with E-state index in [-0.39, 0.29) is 21.7 Å². The smallest absolute Gasteiger partial charge is 0.189 e. The average Bonchev–Trinajstić information content (AvgIpc) is 2.70. The van der Waals surface area contributed by atoms with Crippen molar-refractivity contribution in [1.82, 2.24) is 0 Å². The van der Waals surface area contributed by atoms with Crippen molar-refractivity contribution >= 4 is 25.0 Å². The van der Waals surface area contributed by atoms with Crippen molar-refractivity contribution in [2.24, 2.45) is 63.1 Å². The van der Waals surface area contributed by atoms with Gasteiger partial charge in [0.1, 0.15) is 0 Å². The van der Waals surface area contributed by atoms with Crippen LogP contribution in [0.25, 0.3) is 0 Å². The van der Waals surface area contributed by atoms with Crippen LogP contribution < -0.4 is 0 Å². The molecule has 0 aliphatic carbocycles. The maximum atomic E-state index is 13.4. The molecule has 0 spiro atoms. The Labute approximate surface area is 297 Å². The van der Waals surface area contributed by atoms with E-state index >= 15 is 0 Å². The fourth-order valence-corrected chi connectivity index (χ4v) is 31.8. The minimum Gasteiger partial charge on any atom is -0.432 e. The zero-order chi connectivity index (χ0) is 35.9. The number of hydrogen-bond donors (Lipinski definition) is 3. The quantitative estimate of drug-likeness (QED) is 0.157. The van der Waals surface area contributed by atoms with E-state index in [0.29, 0.717) is 41.4 Å². The third kappa shape index (κ3) is 11.5. The van der Waals surface area contributed by atoms with Gasteiger partial charge in [-0.05, 0) is 162 Å². The summed E-state index contributed by atoms with van der Waals surface area (Å²) in [7, 11) is -8.29. The molecule has 0 unspecified atom stereocenters. The molecule has 4 bridgehead atoms. The van der Waals surface area contributed by atoms with Crippen molar-refractivity contribution in [2.45, 2.75) is 196 Å². The molecule has 0 aromatic rings.